The van der Waals surface area contributed by atoms with Crippen LogP contribution in [0.4, 0.5) is 0 Å². The van der Waals surface area contributed by atoms with E-state index in [1.807, 2.05) is 6.07 Å². The molecular weight excluding hydrogens is 250 g/mol. The van der Waals surface area contributed by atoms with Gasteiger partial charge in [0.05, 0.1) is 0 Å². The Hall–Kier alpha value is -2.29. The summed E-state index contributed by atoms with van der Waals surface area (Å²) in [6.07, 6.45) is 0.810. The Labute approximate surface area is 119 Å². The van der Waals surface area contributed by atoms with Gasteiger partial charge in [-0.15, -0.1) is 0 Å². The first kappa shape index (κ1) is 14.1. The summed E-state index contributed by atoms with van der Waals surface area (Å²) in [5.41, 5.74) is 3.72. The Kier molecular flexibility index (Phi) is 4.41. The third-order valence-corrected chi connectivity index (χ3v) is 3.24. The van der Waals surface area contributed by atoms with Crippen LogP contribution in [0.3, 0.4) is 0 Å². The fourth-order valence-electron chi connectivity index (χ4n) is 2.09. The Morgan fingerprint density at radius 2 is 1.95 bits per heavy atom. The van der Waals surface area contributed by atoms with E-state index in [1.54, 1.807) is 25.1 Å². The number of carbonyl (C=O) groups excluding carboxylic acids is 1. The quantitative estimate of drug-likeness (QED) is 0.896. The second kappa shape index (κ2) is 6.24. The van der Waals surface area contributed by atoms with Crippen LogP contribution in [-0.4, -0.2) is 17.6 Å². The third kappa shape index (κ3) is 3.60. The lowest BCUT2D eigenvalue weighted by Gasteiger charge is -2.07. The smallest absolute Gasteiger partial charge is 0.251 e. The Morgan fingerprint density at radius 3 is 2.65 bits per heavy atom. The number of aromatic hydroxyl groups is 1. The normalized spacial score (nSPS) is 10.3. The average Bonchev–Trinajstić information content (AvgIpc) is 2.42. The summed E-state index contributed by atoms with van der Waals surface area (Å²) in [4.78, 5) is 12.0. The first-order valence-electron chi connectivity index (χ1n) is 6.69. The van der Waals surface area contributed by atoms with E-state index in [0.717, 1.165) is 6.42 Å². The molecule has 2 N–H and O–H groups in total. The van der Waals surface area contributed by atoms with Crippen LogP contribution in [0.2, 0.25) is 0 Å². The SMILES string of the molecule is Cc1cccc(CCNC(=O)c2ccc(O)c(C)c2)c1. The molecule has 104 valence electrons. The molecule has 0 aliphatic rings. The maximum atomic E-state index is 12.0. The standard InChI is InChI=1S/C17H19NO2/c1-12-4-3-5-14(10-12)8-9-18-17(20)15-6-7-16(19)13(2)11-15/h3-7,10-11,19H,8-9H2,1-2H3,(H,18,20). The van der Waals surface area contributed by atoms with E-state index >= 15 is 0 Å². The number of amides is 1. The third-order valence-electron chi connectivity index (χ3n) is 3.24. The monoisotopic (exact) mass is 269 g/mol. The molecule has 2 aromatic carbocycles. The van der Waals surface area contributed by atoms with Gasteiger partial charge in [0.1, 0.15) is 5.75 Å². The summed E-state index contributed by atoms with van der Waals surface area (Å²) in [6.45, 7) is 4.43. The second-order valence-electron chi connectivity index (χ2n) is 5.00. The minimum absolute atomic E-state index is 0.110. The largest absolute Gasteiger partial charge is 0.508 e. The molecule has 0 aliphatic carbocycles. The number of aryl methyl sites for hydroxylation is 2. The number of hydrogen-bond donors (Lipinski definition) is 2. The summed E-state index contributed by atoms with van der Waals surface area (Å²) in [5.74, 6) is 0.0991. The van der Waals surface area contributed by atoms with Crippen LogP contribution in [0.1, 0.15) is 27.0 Å². The predicted molar refractivity (Wildman–Crippen MR) is 80.1 cm³/mol. The number of rotatable bonds is 4. The summed E-state index contributed by atoms with van der Waals surface area (Å²) in [7, 11) is 0. The van der Waals surface area contributed by atoms with Gasteiger partial charge in [-0.25, -0.2) is 0 Å². The molecule has 0 saturated carbocycles. The van der Waals surface area contributed by atoms with Crippen molar-refractivity contribution in [1.82, 2.24) is 5.32 Å². The fraction of sp³-hybridized carbons (Fsp3) is 0.235. The molecule has 0 saturated heterocycles. The minimum atomic E-state index is -0.110. The molecule has 3 nitrogen and oxygen atoms in total. The van der Waals surface area contributed by atoms with Crippen molar-refractivity contribution in [2.24, 2.45) is 0 Å². The van der Waals surface area contributed by atoms with Crippen molar-refractivity contribution < 1.29 is 9.90 Å². The maximum absolute atomic E-state index is 12.0. The minimum Gasteiger partial charge on any atom is -0.508 e. The highest BCUT2D eigenvalue weighted by Gasteiger charge is 2.06. The van der Waals surface area contributed by atoms with Gasteiger partial charge in [-0.05, 0) is 49.6 Å². The van der Waals surface area contributed by atoms with E-state index in [1.165, 1.54) is 11.1 Å². The summed E-state index contributed by atoms with van der Waals surface area (Å²) >= 11 is 0. The van der Waals surface area contributed by atoms with E-state index in [9.17, 15) is 9.90 Å². The molecule has 0 radical (unpaired) electrons. The molecule has 0 unspecified atom stereocenters. The number of nitrogens with one attached hydrogen (secondary N) is 1. The molecule has 2 aromatic rings. The highest BCUT2D eigenvalue weighted by molar-refractivity contribution is 5.94. The van der Waals surface area contributed by atoms with Crippen LogP contribution in [0, 0.1) is 13.8 Å². The molecule has 20 heavy (non-hydrogen) atoms. The molecule has 0 atom stereocenters. The van der Waals surface area contributed by atoms with Crippen molar-refractivity contribution in [3.8, 4) is 5.75 Å². The van der Waals surface area contributed by atoms with Crippen LogP contribution >= 0.6 is 0 Å². The van der Waals surface area contributed by atoms with Crippen molar-refractivity contribution in [3.05, 3.63) is 64.7 Å². The van der Waals surface area contributed by atoms with Crippen LogP contribution in [0.5, 0.6) is 5.75 Å². The predicted octanol–water partition coefficient (Wildman–Crippen LogP) is 2.98. The van der Waals surface area contributed by atoms with Gasteiger partial charge >= 0.3 is 0 Å². The summed E-state index contributed by atoms with van der Waals surface area (Å²) < 4.78 is 0. The average molecular weight is 269 g/mol. The molecule has 3 heteroatoms. The summed E-state index contributed by atoms with van der Waals surface area (Å²) in [5, 5.41) is 12.3. The van der Waals surface area contributed by atoms with E-state index < -0.39 is 0 Å². The first-order valence-corrected chi connectivity index (χ1v) is 6.69. The summed E-state index contributed by atoms with van der Waals surface area (Å²) in [6, 6.07) is 13.1. The molecule has 0 aromatic heterocycles. The van der Waals surface area contributed by atoms with E-state index in [0.29, 0.717) is 17.7 Å². The van der Waals surface area contributed by atoms with Gasteiger partial charge in [0, 0.05) is 12.1 Å². The van der Waals surface area contributed by atoms with E-state index in [4.69, 9.17) is 0 Å². The van der Waals surface area contributed by atoms with Gasteiger partial charge < -0.3 is 10.4 Å². The molecule has 1 amide bonds. The van der Waals surface area contributed by atoms with Crippen LogP contribution in [-0.2, 0) is 6.42 Å². The molecule has 0 fully saturated rings. The topological polar surface area (TPSA) is 49.3 Å². The van der Waals surface area contributed by atoms with Gasteiger partial charge in [-0.1, -0.05) is 29.8 Å². The molecular formula is C17H19NO2. The Balaban J connectivity index is 1.90. The van der Waals surface area contributed by atoms with Crippen molar-refractivity contribution >= 4 is 5.91 Å². The number of phenolic OH excluding ortho intramolecular Hbond substituents is 1. The van der Waals surface area contributed by atoms with Crippen molar-refractivity contribution in [3.63, 3.8) is 0 Å². The van der Waals surface area contributed by atoms with Crippen LogP contribution < -0.4 is 5.32 Å². The van der Waals surface area contributed by atoms with Gasteiger partial charge in [-0.3, -0.25) is 4.79 Å². The van der Waals surface area contributed by atoms with Gasteiger partial charge in [0.15, 0.2) is 0 Å². The van der Waals surface area contributed by atoms with Gasteiger partial charge in [0.2, 0.25) is 0 Å². The zero-order chi connectivity index (χ0) is 14.5. The Bertz CT molecular complexity index is 620. The number of carbonyl (C=O) groups is 1. The van der Waals surface area contributed by atoms with Gasteiger partial charge in [-0.2, -0.15) is 0 Å². The van der Waals surface area contributed by atoms with Crippen LogP contribution in [0.15, 0.2) is 42.5 Å². The number of phenols is 1. The lowest BCUT2D eigenvalue weighted by molar-refractivity contribution is 0.0954. The highest BCUT2D eigenvalue weighted by Crippen LogP contribution is 2.16. The molecule has 0 bridgehead atoms. The van der Waals surface area contributed by atoms with Crippen LogP contribution in [0.25, 0.3) is 0 Å². The van der Waals surface area contributed by atoms with E-state index in [2.05, 4.69) is 30.4 Å². The fourth-order valence-corrected chi connectivity index (χ4v) is 2.09. The van der Waals surface area contributed by atoms with Crippen molar-refractivity contribution in [1.29, 1.82) is 0 Å². The molecule has 2 rings (SSSR count). The van der Waals surface area contributed by atoms with Crippen molar-refractivity contribution in [2.45, 2.75) is 20.3 Å². The van der Waals surface area contributed by atoms with E-state index in [-0.39, 0.29) is 11.7 Å². The van der Waals surface area contributed by atoms with Gasteiger partial charge in [0.25, 0.3) is 5.91 Å². The highest BCUT2D eigenvalue weighted by atomic mass is 16.3. The second-order valence-corrected chi connectivity index (χ2v) is 5.00. The number of benzene rings is 2. The Morgan fingerprint density at radius 1 is 1.15 bits per heavy atom. The number of hydrogen-bond acceptors (Lipinski definition) is 2. The zero-order valence-corrected chi connectivity index (χ0v) is 11.8. The lowest BCUT2D eigenvalue weighted by atomic mass is 10.1. The molecule has 0 spiro atoms. The lowest BCUT2D eigenvalue weighted by Crippen LogP contribution is -2.25. The first-order chi connectivity index (χ1) is 9.56. The van der Waals surface area contributed by atoms with Crippen molar-refractivity contribution in [2.75, 3.05) is 6.54 Å². The molecule has 0 heterocycles. The molecule has 0 aliphatic heterocycles. The maximum Gasteiger partial charge on any atom is 0.251 e. The zero-order valence-electron chi connectivity index (χ0n) is 11.8.